The summed E-state index contributed by atoms with van der Waals surface area (Å²) in [5.74, 6) is 0.774. The number of carbonyl (C=O) groups is 1. The van der Waals surface area contributed by atoms with Crippen LogP contribution in [0.5, 0.6) is 0 Å². The first-order valence-electron chi connectivity index (χ1n) is 8.37. The number of nitrogens with one attached hydrogen (secondary N) is 1. The van der Waals surface area contributed by atoms with Gasteiger partial charge in [-0.25, -0.2) is 13.1 Å². The zero-order valence-corrected chi connectivity index (χ0v) is 15.2. The molecule has 3 rings (SSSR count). The molecule has 0 radical (unpaired) electrons. The van der Waals surface area contributed by atoms with Gasteiger partial charge in [0.15, 0.2) is 0 Å². The third-order valence-electron chi connectivity index (χ3n) is 4.40. The number of aryl methyl sites for hydroxylation is 2. The normalized spacial score (nSPS) is 14.9. The quantitative estimate of drug-likeness (QED) is 0.906. The average molecular weight is 362 g/mol. The average Bonchev–Trinajstić information content (AvgIpc) is 2.91. The van der Waals surface area contributed by atoms with Crippen molar-refractivity contribution in [3.63, 3.8) is 0 Å². The molecule has 7 heteroatoms. The third-order valence-corrected chi connectivity index (χ3v) is 5.95. The van der Waals surface area contributed by atoms with Crippen molar-refractivity contribution < 1.29 is 17.6 Å². The van der Waals surface area contributed by atoms with E-state index in [9.17, 15) is 13.2 Å². The summed E-state index contributed by atoms with van der Waals surface area (Å²) in [6, 6.07) is 6.57. The highest BCUT2D eigenvalue weighted by molar-refractivity contribution is 7.89. The van der Waals surface area contributed by atoms with Crippen molar-refractivity contribution in [1.82, 2.24) is 9.62 Å². The van der Waals surface area contributed by atoms with E-state index < -0.39 is 10.0 Å². The van der Waals surface area contributed by atoms with Crippen LogP contribution in [0.2, 0.25) is 0 Å². The van der Waals surface area contributed by atoms with Crippen LogP contribution in [0.4, 0.5) is 0 Å². The van der Waals surface area contributed by atoms with Crippen LogP contribution in [0.25, 0.3) is 0 Å². The lowest BCUT2D eigenvalue weighted by Gasteiger charge is -2.22. The molecule has 0 fully saturated rings. The largest absolute Gasteiger partial charge is 0.469 e. The zero-order chi connectivity index (χ0) is 18.0. The highest BCUT2D eigenvalue weighted by Crippen LogP contribution is 2.23. The molecule has 1 amide bonds. The molecule has 0 aliphatic carbocycles. The monoisotopic (exact) mass is 362 g/mol. The second-order valence-electron chi connectivity index (χ2n) is 6.18. The molecule has 1 aromatic heterocycles. The zero-order valence-electron chi connectivity index (χ0n) is 14.4. The first kappa shape index (κ1) is 17.7. The second kappa shape index (κ2) is 7.01. The number of sulfonamides is 1. The molecule has 6 nitrogen and oxygen atoms in total. The van der Waals surface area contributed by atoms with Gasteiger partial charge in [-0.1, -0.05) is 13.0 Å². The predicted molar refractivity (Wildman–Crippen MR) is 93.8 cm³/mol. The van der Waals surface area contributed by atoms with Crippen LogP contribution in [-0.4, -0.2) is 32.3 Å². The van der Waals surface area contributed by atoms with E-state index in [0.29, 0.717) is 25.2 Å². The summed E-state index contributed by atoms with van der Waals surface area (Å²) in [4.78, 5) is 14.9. The van der Waals surface area contributed by atoms with Crippen LogP contribution in [-0.2, 0) is 23.0 Å². The van der Waals surface area contributed by atoms with E-state index in [1.807, 2.05) is 13.0 Å². The van der Waals surface area contributed by atoms with Crippen molar-refractivity contribution in [2.75, 3.05) is 13.1 Å². The third kappa shape index (κ3) is 3.62. The molecule has 0 saturated heterocycles. The molecule has 1 aromatic carbocycles. The summed E-state index contributed by atoms with van der Waals surface area (Å²) in [5, 5.41) is 0. The molecule has 1 aliphatic rings. The van der Waals surface area contributed by atoms with Gasteiger partial charge in [-0.2, -0.15) is 0 Å². The van der Waals surface area contributed by atoms with Crippen molar-refractivity contribution in [2.45, 2.75) is 38.1 Å². The van der Waals surface area contributed by atoms with Crippen LogP contribution in [0, 0.1) is 6.92 Å². The molecule has 0 spiro atoms. The minimum atomic E-state index is -3.60. The Labute approximate surface area is 147 Å². The van der Waals surface area contributed by atoms with Gasteiger partial charge >= 0.3 is 0 Å². The van der Waals surface area contributed by atoms with Crippen molar-refractivity contribution in [3.05, 3.63) is 53.0 Å². The van der Waals surface area contributed by atoms with Crippen LogP contribution >= 0.6 is 0 Å². The molecule has 0 atom stereocenters. The van der Waals surface area contributed by atoms with E-state index >= 15 is 0 Å². The van der Waals surface area contributed by atoms with Crippen molar-refractivity contribution in [3.8, 4) is 0 Å². The predicted octanol–water partition coefficient (Wildman–Crippen LogP) is 2.47. The van der Waals surface area contributed by atoms with Gasteiger partial charge in [0, 0.05) is 37.2 Å². The summed E-state index contributed by atoms with van der Waals surface area (Å²) in [7, 11) is -3.60. The van der Waals surface area contributed by atoms with Crippen molar-refractivity contribution >= 4 is 15.9 Å². The van der Waals surface area contributed by atoms with E-state index in [4.69, 9.17) is 4.42 Å². The van der Waals surface area contributed by atoms with Gasteiger partial charge in [0.2, 0.25) is 10.0 Å². The maximum Gasteiger partial charge on any atom is 0.254 e. The fraction of sp³-hybridized carbons (Fsp3) is 0.389. The van der Waals surface area contributed by atoms with E-state index in [1.54, 1.807) is 24.2 Å². The lowest BCUT2D eigenvalue weighted by Crippen LogP contribution is -2.31. The number of hydrogen-bond donors (Lipinski definition) is 1. The molecule has 1 aliphatic heterocycles. The van der Waals surface area contributed by atoms with Gasteiger partial charge in [-0.15, -0.1) is 0 Å². The van der Waals surface area contributed by atoms with Crippen molar-refractivity contribution in [2.24, 2.45) is 0 Å². The molecule has 0 bridgehead atoms. The Bertz CT molecular complexity index is 886. The maximum atomic E-state index is 13.0. The minimum absolute atomic E-state index is 0.113. The molecule has 134 valence electrons. The van der Waals surface area contributed by atoms with Gasteiger partial charge in [0.1, 0.15) is 5.76 Å². The molecule has 25 heavy (non-hydrogen) atoms. The SMILES string of the molecule is CCNS(=O)(=O)c1ccc(C)c(C(=O)N2CCCc3occc3C2)c1. The summed E-state index contributed by atoms with van der Waals surface area (Å²) >= 11 is 0. The molecule has 2 heterocycles. The summed E-state index contributed by atoms with van der Waals surface area (Å²) in [6.07, 6.45) is 3.27. The number of hydrogen-bond acceptors (Lipinski definition) is 4. The summed E-state index contributed by atoms with van der Waals surface area (Å²) in [5.41, 5.74) is 2.20. The fourth-order valence-electron chi connectivity index (χ4n) is 3.06. The number of nitrogens with zero attached hydrogens (tertiary/aromatic N) is 1. The smallest absolute Gasteiger partial charge is 0.254 e. The summed E-state index contributed by atoms with van der Waals surface area (Å²) < 4.78 is 32.4. The van der Waals surface area contributed by atoms with Gasteiger partial charge < -0.3 is 9.32 Å². The highest BCUT2D eigenvalue weighted by atomic mass is 32.2. The van der Waals surface area contributed by atoms with Gasteiger partial charge in [0.05, 0.1) is 11.2 Å². The first-order valence-corrected chi connectivity index (χ1v) is 9.85. The molecule has 0 saturated carbocycles. The Morgan fingerprint density at radius 2 is 2.12 bits per heavy atom. The van der Waals surface area contributed by atoms with Gasteiger partial charge in [-0.3, -0.25) is 4.79 Å². The van der Waals surface area contributed by atoms with Crippen molar-refractivity contribution in [1.29, 1.82) is 0 Å². The molecule has 0 unspecified atom stereocenters. The maximum absolute atomic E-state index is 13.0. The second-order valence-corrected chi connectivity index (χ2v) is 7.94. The minimum Gasteiger partial charge on any atom is -0.469 e. The van der Waals surface area contributed by atoms with Gasteiger partial charge in [-0.05, 0) is 37.1 Å². The molecular formula is C18H22N2O4S. The lowest BCUT2D eigenvalue weighted by atomic mass is 10.1. The Balaban J connectivity index is 1.92. The Morgan fingerprint density at radius 1 is 1.32 bits per heavy atom. The molecule has 1 N–H and O–H groups in total. The number of carbonyl (C=O) groups excluding carboxylic acids is 1. The Morgan fingerprint density at radius 3 is 2.88 bits per heavy atom. The number of rotatable bonds is 4. The van der Waals surface area contributed by atoms with E-state index in [1.165, 1.54) is 12.1 Å². The number of amides is 1. The standard InChI is InChI=1S/C18H22N2O4S/c1-3-19-25(22,23)15-7-6-13(2)16(11-15)18(21)20-9-4-5-17-14(12-20)8-10-24-17/h6-8,10-11,19H,3-5,9,12H2,1-2H3. The number of fused-ring (bicyclic) bond motifs is 1. The molecular weight excluding hydrogens is 340 g/mol. The van der Waals surface area contributed by atoms with Crippen LogP contribution in [0.15, 0.2) is 39.8 Å². The van der Waals surface area contributed by atoms with E-state index in [0.717, 1.165) is 29.7 Å². The van der Waals surface area contributed by atoms with Crippen LogP contribution in [0.1, 0.15) is 40.6 Å². The highest BCUT2D eigenvalue weighted by Gasteiger charge is 2.24. The van der Waals surface area contributed by atoms with E-state index in [-0.39, 0.29) is 10.8 Å². The first-order chi connectivity index (χ1) is 11.9. The topological polar surface area (TPSA) is 79.6 Å². The fourth-order valence-corrected chi connectivity index (χ4v) is 4.13. The summed E-state index contributed by atoms with van der Waals surface area (Å²) in [6.45, 7) is 4.94. The number of furan rings is 1. The van der Waals surface area contributed by atoms with Gasteiger partial charge in [0.25, 0.3) is 5.91 Å². The lowest BCUT2D eigenvalue weighted by molar-refractivity contribution is 0.0745. The van der Waals surface area contributed by atoms with Crippen LogP contribution in [0.3, 0.4) is 0 Å². The Hall–Kier alpha value is -2.12. The van der Waals surface area contributed by atoms with Crippen LogP contribution < -0.4 is 4.72 Å². The molecule has 2 aromatic rings. The Kier molecular flexibility index (Phi) is 4.96. The van der Waals surface area contributed by atoms with E-state index in [2.05, 4.69) is 4.72 Å². The number of benzene rings is 1.